The lowest BCUT2D eigenvalue weighted by molar-refractivity contribution is -0.132. The predicted octanol–water partition coefficient (Wildman–Crippen LogP) is 2.04. The van der Waals surface area contributed by atoms with Crippen molar-refractivity contribution in [1.82, 2.24) is 14.9 Å². The summed E-state index contributed by atoms with van der Waals surface area (Å²) in [5.41, 5.74) is 2.29. The first-order chi connectivity index (χ1) is 14.1. The number of nitrogens with zero attached hydrogens (tertiary/aromatic N) is 3. The molecule has 1 aliphatic heterocycles. The Bertz CT molecular complexity index is 902. The minimum Gasteiger partial charge on any atom is -0.378 e. The SMILES string of the molecule is Cc1nc(N2CCOCC2)[nH]c(=O)c1CCC(=O)N(Cc1ccccc1)C1CC1. The van der Waals surface area contributed by atoms with Gasteiger partial charge in [-0.2, -0.15) is 0 Å². The Morgan fingerprint density at radius 2 is 1.97 bits per heavy atom. The van der Waals surface area contributed by atoms with E-state index in [0.29, 0.717) is 55.8 Å². The van der Waals surface area contributed by atoms with Crippen LogP contribution in [0.25, 0.3) is 0 Å². The Morgan fingerprint density at radius 1 is 1.24 bits per heavy atom. The average molecular weight is 396 g/mol. The van der Waals surface area contributed by atoms with E-state index >= 15 is 0 Å². The van der Waals surface area contributed by atoms with Crippen molar-refractivity contribution >= 4 is 11.9 Å². The Balaban J connectivity index is 1.42. The number of benzene rings is 1. The van der Waals surface area contributed by atoms with Gasteiger partial charge in [-0.15, -0.1) is 0 Å². The Hall–Kier alpha value is -2.67. The summed E-state index contributed by atoms with van der Waals surface area (Å²) >= 11 is 0. The molecule has 2 fully saturated rings. The largest absolute Gasteiger partial charge is 0.378 e. The van der Waals surface area contributed by atoms with Crippen LogP contribution in [0.15, 0.2) is 35.1 Å². The summed E-state index contributed by atoms with van der Waals surface area (Å²) in [6.45, 7) is 5.19. The third kappa shape index (κ3) is 4.85. The lowest BCUT2D eigenvalue weighted by Gasteiger charge is -2.27. The fourth-order valence-corrected chi connectivity index (χ4v) is 3.78. The van der Waals surface area contributed by atoms with Crippen LogP contribution in [0.2, 0.25) is 0 Å². The predicted molar refractivity (Wildman–Crippen MR) is 111 cm³/mol. The molecule has 1 aromatic heterocycles. The van der Waals surface area contributed by atoms with Crippen molar-refractivity contribution in [3.63, 3.8) is 0 Å². The summed E-state index contributed by atoms with van der Waals surface area (Å²) in [6, 6.07) is 10.4. The van der Waals surface area contributed by atoms with Gasteiger partial charge in [0.15, 0.2) is 0 Å². The summed E-state index contributed by atoms with van der Waals surface area (Å²) < 4.78 is 5.36. The highest BCUT2D eigenvalue weighted by Crippen LogP contribution is 2.29. The topological polar surface area (TPSA) is 78.5 Å². The van der Waals surface area contributed by atoms with E-state index in [9.17, 15) is 9.59 Å². The molecule has 0 unspecified atom stereocenters. The molecular formula is C22H28N4O3. The van der Waals surface area contributed by atoms with Gasteiger partial charge in [0.25, 0.3) is 5.56 Å². The first kappa shape index (κ1) is 19.6. The average Bonchev–Trinajstić information content (AvgIpc) is 3.57. The number of aromatic amines is 1. The van der Waals surface area contributed by atoms with Crippen molar-refractivity contribution < 1.29 is 9.53 Å². The van der Waals surface area contributed by atoms with E-state index < -0.39 is 0 Å². The molecule has 0 atom stereocenters. The number of morpholine rings is 1. The summed E-state index contributed by atoms with van der Waals surface area (Å²) in [7, 11) is 0. The van der Waals surface area contributed by atoms with E-state index in [1.54, 1.807) is 0 Å². The van der Waals surface area contributed by atoms with E-state index in [4.69, 9.17) is 4.74 Å². The van der Waals surface area contributed by atoms with E-state index in [-0.39, 0.29) is 11.5 Å². The number of aryl methyl sites for hydroxylation is 1. The number of hydrogen-bond acceptors (Lipinski definition) is 5. The van der Waals surface area contributed by atoms with Gasteiger partial charge in [-0.3, -0.25) is 14.6 Å². The molecule has 4 rings (SSSR count). The maximum absolute atomic E-state index is 12.9. The molecule has 1 aliphatic carbocycles. The molecule has 0 radical (unpaired) electrons. The first-order valence-corrected chi connectivity index (χ1v) is 10.4. The standard InChI is InChI=1S/C22H28N4O3/c1-16-19(21(28)24-22(23-16)25-11-13-29-14-12-25)9-10-20(27)26(18-7-8-18)15-17-5-3-2-4-6-17/h2-6,18H,7-15H2,1H3,(H,23,24,28). The minimum atomic E-state index is -0.146. The number of H-pyrrole nitrogens is 1. The monoisotopic (exact) mass is 396 g/mol. The molecule has 7 nitrogen and oxygen atoms in total. The Morgan fingerprint density at radius 3 is 2.62 bits per heavy atom. The number of rotatable bonds is 7. The molecule has 1 amide bonds. The molecule has 1 saturated carbocycles. The number of anilines is 1. The normalized spacial score (nSPS) is 16.7. The maximum Gasteiger partial charge on any atom is 0.255 e. The minimum absolute atomic E-state index is 0.104. The highest BCUT2D eigenvalue weighted by Gasteiger charge is 2.32. The van der Waals surface area contributed by atoms with Crippen LogP contribution in [0.4, 0.5) is 5.95 Å². The van der Waals surface area contributed by atoms with E-state index in [0.717, 1.165) is 31.5 Å². The molecule has 1 N–H and O–H groups in total. The molecule has 2 heterocycles. The number of hydrogen-bond donors (Lipinski definition) is 1. The molecule has 7 heteroatoms. The second kappa shape index (κ2) is 8.78. The number of carbonyl (C=O) groups excluding carboxylic acids is 1. The molecule has 154 valence electrons. The van der Waals surface area contributed by atoms with Crippen molar-refractivity contribution in [2.45, 2.75) is 45.2 Å². The Labute approximate surface area is 170 Å². The van der Waals surface area contributed by atoms with Crippen LogP contribution in [0.5, 0.6) is 0 Å². The summed E-state index contributed by atoms with van der Waals surface area (Å²) in [5.74, 6) is 0.696. The molecule has 1 saturated heterocycles. The van der Waals surface area contributed by atoms with Crippen molar-refractivity contribution in [3.8, 4) is 0 Å². The van der Waals surface area contributed by atoms with E-state index in [1.165, 1.54) is 0 Å². The van der Waals surface area contributed by atoms with Crippen LogP contribution >= 0.6 is 0 Å². The highest BCUT2D eigenvalue weighted by atomic mass is 16.5. The number of ether oxygens (including phenoxy) is 1. The third-order valence-electron chi connectivity index (χ3n) is 5.61. The van der Waals surface area contributed by atoms with Gasteiger partial charge in [0.05, 0.1) is 13.2 Å². The molecule has 2 aliphatic rings. The van der Waals surface area contributed by atoms with Crippen molar-refractivity contribution in [1.29, 1.82) is 0 Å². The smallest absolute Gasteiger partial charge is 0.255 e. The third-order valence-corrected chi connectivity index (χ3v) is 5.61. The molecule has 2 aromatic rings. The van der Waals surface area contributed by atoms with Gasteiger partial charge in [-0.05, 0) is 31.7 Å². The van der Waals surface area contributed by atoms with Crippen LogP contribution in [0.3, 0.4) is 0 Å². The lowest BCUT2D eigenvalue weighted by Crippen LogP contribution is -2.39. The summed E-state index contributed by atoms with van der Waals surface area (Å²) in [4.78, 5) is 37.0. The first-order valence-electron chi connectivity index (χ1n) is 10.4. The second-order valence-electron chi connectivity index (χ2n) is 7.79. The maximum atomic E-state index is 12.9. The van der Waals surface area contributed by atoms with Gasteiger partial charge in [0.2, 0.25) is 11.9 Å². The van der Waals surface area contributed by atoms with Gasteiger partial charge in [0.1, 0.15) is 0 Å². The fraction of sp³-hybridized carbons (Fsp3) is 0.500. The molecule has 29 heavy (non-hydrogen) atoms. The zero-order valence-electron chi connectivity index (χ0n) is 16.9. The molecular weight excluding hydrogens is 368 g/mol. The van der Waals surface area contributed by atoms with E-state index in [2.05, 4.69) is 9.97 Å². The van der Waals surface area contributed by atoms with Crippen LogP contribution in [-0.4, -0.2) is 53.1 Å². The second-order valence-corrected chi connectivity index (χ2v) is 7.79. The fourth-order valence-electron chi connectivity index (χ4n) is 3.78. The zero-order valence-corrected chi connectivity index (χ0v) is 16.9. The molecule has 0 bridgehead atoms. The Kier molecular flexibility index (Phi) is 5.94. The van der Waals surface area contributed by atoms with Gasteiger partial charge in [-0.1, -0.05) is 30.3 Å². The highest BCUT2D eigenvalue weighted by molar-refractivity contribution is 5.77. The van der Waals surface area contributed by atoms with Crippen molar-refractivity contribution in [2.24, 2.45) is 0 Å². The van der Waals surface area contributed by atoms with Gasteiger partial charge in [0, 0.05) is 43.4 Å². The zero-order chi connectivity index (χ0) is 20.2. The van der Waals surface area contributed by atoms with Crippen molar-refractivity contribution in [3.05, 3.63) is 57.5 Å². The lowest BCUT2D eigenvalue weighted by atomic mass is 10.1. The van der Waals surface area contributed by atoms with Gasteiger partial charge < -0.3 is 14.5 Å². The van der Waals surface area contributed by atoms with E-state index in [1.807, 2.05) is 47.1 Å². The summed E-state index contributed by atoms with van der Waals surface area (Å²) in [6.07, 6.45) is 2.86. The van der Waals surface area contributed by atoms with Crippen LogP contribution < -0.4 is 10.5 Å². The number of carbonyl (C=O) groups is 1. The van der Waals surface area contributed by atoms with Gasteiger partial charge >= 0.3 is 0 Å². The summed E-state index contributed by atoms with van der Waals surface area (Å²) in [5, 5.41) is 0. The number of nitrogens with one attached hydrogen (secondary N) is 1. The molecule has 0 spiro atoms. The van der Waals surface area contributed by atoms with Crippen LogP contribution in [0, 0.1) is 6.92 Å². The van der Waals surface area contributed by atoms with Crippen molar-refractivity contribution in [2.75, 3.05) is 31.2 Å². The number of aromatic nitrogens is 2. The number of amides is 1. The molecule has 1 aromatic carbocycles. The van der Waals surface area contributed by atoms with Crippen LogP contribution in [-0.2, 0) is 22.5 Å². The van der Waals surface area contributed by atoms with Crippen LogP contribution in [0.1, 0.15) is 36.1 Å². The van der Waals surface area contributed by atoms with Gasteiger partial charge in [-0.25, -0.2) is 4.98 Å². The quantitative estimate of drug-likeness (QED) is 0.775.